The number of hydrogen-bond donors (Lipinski definition) is 1. The highest BCUT2D eigenvalue weighted by Crippen LogP contribution is 2.30. The molecule has 36 heavy (non-hydrogen) atoms. The van der Waals surface area contributed by atoms with Gasteiger partial charge in [0.15, 0.2) is 5.82 Å². The second-order valence-electron chi connectivity index (χ2n) is 8.84. The van der Waals surface area contributed by atoms with Gasteiger partial charge in [0, 0.05) is 56.4 Å². The fourth-order valence-electron chi connectivity index (χ4n) is 4.61. The van der Waals surface area contributed by atoms with E-state index in [2.05, 4.69) is 39.2 Å². The number of carbonyl (C=O) groups is 1. The summed E-state index contributed by atoms with van der Waals surface area (Å²) in [5.74, 6) is -0.651. The molecular formula is C25H28F2N6O3. The van der Waals surface area contributed by atoms with Crippen molar-refractivity contribution in [3.63, 3.8) is 0 Å². The topological polar surface area (TPSA) is 92.7 Å². The summed E-state index contributed by atoms with van der Waals surface area (Å²) in [6.07, 6.45) is -0.252. The molecule has 11 heteroatoms. The van der Waals surface area contributed by atoms with Gasteiger partial charge in [0.2, 0.25) is 0 Å². The normalized spacial score (nSPS) is 18.6. The molecule has 2 aliphatic rings. The molecule has 0 spiro atoms. The number of halogens is 2. The van der Waals surface area contributed by atoms with Crippen molar-refractivity contribution in [2.24, 2.45) is 0 Å². The second-order valence-corrected chi connectivity index (χ2v) is 8.84. The first-order chi connectivity index (χ1) is 17.5. The Morgan fingerprint density at radius 1 is 1.14 bits per heavy atom. The number of carbonyl (C=O) groups excluding carboxylic acids is 1. The summed E-state index contributed by atoms with van der Waals surface area (Å²) in [4.78, 5) is 28.9. The van der Waals surface area contributed by atoms with E-state index in [1.807, 2.05) is 12.1 Å². The molecular weight excluding hydrogens is 470 g/mol. The molecule has 190 valence electrons. The van der Waals surface area contributed by atoms with Crippen LogP contribution < -0.4 is 10.2 Å². The van der Waals surface area contributed by atoms with E-state index in [1.165, 1.54) is 5.69 Å². The van der Waals surface area contributed by atoms with E-state index in [4.69, 9.17) is 14.5 Å². The van der Waals surface area contributed by atoms with Crippen molar-refractivity contribution in [2.75, 3.05) is 62.8 Å². The van der Waals surface area contributed by atoms with Gasteiger partial charge in [0.05, 0.1) is 37.1 Å². The summed E-state index contributed by atoms with van der Waals surface area (Å²) in [5.41, 5.74) is 5.28. The van der Waals surface area contributed by atoms with Crippen LogP contribution in [0, 0.1) is 6.92 Å². The Hall–Kier alpha value is -3.44. The number of hydrogen-bond acceptors (Lipinski definition) is 8. The summed E-state index contributed by atoms with van der Waals surface area (Å²) in [5, 5.41) is 3.25. The SMILES string of the molecule is Cc1cc(-c2cc3nccnc3c(NC[C@@H]3CN(C(=O)C(F)F)CCO3)n2)ccc1N1CCOCC1. The molecule has 0 saturated carbocycles. The second kappa shape index (κ2) is 10.7. The maximum atomic E-state index is 12.8. The van der Waals surface area contributed by atoms with E-state index >= 15 is 0 Å². The first kappa shape index (κ1) is 24.3. The molecule has 2 aromatic heterocycles. The van der Waals surface area contributed by atoms with E-state index in [9.17, 15) is 13.6 Å². The van der Waals surface area contributed by atoms with Crippen molar-refractivity contribution in [2.45, 2.75) is 19.5 Å². The summed E-state index contributed by atoms with van der Waals surface area (Å²) in [7, 11) is 0. The first-order valence-electron chi connectivity index (χ1n) is 12.0. The van der Waals surface area contributed by atoms with Crippen LogP contribution in [0.2, 0.25) is 0 Å². The van der Waals surface area contributed by atoms with Crippen LogP contribution in [0.1, 0.15) is 5.56 Å². The molecule has 2 aliphatic heterocycles. The summed E-state index contributed by atoms with van der Waals surface area (Å²) in [6, 6.07) is 8.16. The van der Waals surface area contributed by atoms with Gasteiger partial charge in [-0.3, -0.25) is 9.78 Å². The zero-order chi connectivity index (χ0) is 25.1. The number of nitrogens with one attached hydrogen (secondary N) is 1. The number of morpholine rings is 2. The van der Waals surface area contributed by atoms with Crippen LogP contribution in [-0.2, 0) is 14.3 Å². The van der Waals surface area contributed by atoms with Gasteiger partial charge >= 0.3 is 6.43 Å². The predicted octanol–water partition coefficient (Wildman–Crippen LogP) is 2.74. The van der Waals surface area contributed by atoms with E-state index in [0.717, 1.165) is 48.0 Å². The van der Waals surface area contributed by atoms with E-state index in [1.54, 1.807) is 12.4 Å². The van der Waals surface area contributed by atoms with Crippen molar-refractivity contribution in [3.8, 4) is 11.3 Å². The number of pyridine rings is 1. The van der Waals surface area contributed by atoms with Crippen molar-refractivity contribution in [1.29, 1.82) is 0 Å². The molecule has 2 fully saturated rings. The Morgan fingerprint density at radius 2 is 1.94 bits per heavy atom. The summed E-state index contributed by atoms with van der Waals surface area (Å²) < 4.78 is 36.9. The number of rotatable bonds is 6. The van der Waals surface area contributed by atoms with Crippen molar-refractivity contribution in [1.82, 2.24) is 19.9 Å². The van der Waals surface area contributed by atoms with Crippen LogP contribution in [0.25, 0.3) is 22.3 Å². The molecule has 4 heterocycles. The van der Waals surface area contributed by atoms with Gasteiger partial charge in [-0.05, 0) is 30.7 Å². The van der Waals surface area contributed by atoms with Crippen LogP contribution in [0.3, 0.4) is 0 Å². The Kier molecular flexibility index (Phi) is 7.19. The standard InChI is InChI=1S/C25H28F2N6O3/c1-16-12-17(2-3-21(16)32-6-9-35-10-7-32)19-13-20-22(29-5-4-28-20)24(31-19)30-14-18-15-33(8-11-36-18)25(34)23(26)27/h2-5,12-13,18,23H,6-11,14-15H2,1H3,(H,30,31)/t18-/m1/s1. The third kappa shape index (κ3) is 5.21. The number of aryl methyl sites for hydroxylation is 1. The van der Waals surface area contributed by atoms with Crippen molar-refractivity contribution < 1.29 is 23.0 Å². The molecule has 5 rings (SSSR count). The van der Waals surface area contributed by atoms with Crippen LogP contribution in [0.4, 0.5) is 20.3 Å². The number of aromatic nitrogens is 3. The minimum absolute atomic E-state index is 0.0850. The third-order valence-corrected chi connectivity index (χ3v) is 6.44. The summed E-state index contributed by atoms with van der Waals surface area (Å²) in [6.45, 7) is 5.98. The lowest BCUT2D eigenvalue weighted by Crippen LogP contribution is -2.49. The van der Waals surface area contributed by atoms with E-state index < -0.39 is 18.4 Å². The maximum absolute atomic E-state index is 12.8. The maximum Gasteiger partial charge on any atom is 0.315 e. The van der Waals surface area contributed by atoms with Gasteiger partial charge in [-0.1, -0.05) is 6.07 Å². The molecule has 0 unspecified atom stereocenters. The van der Waals surface area contributed by atoms with Crippen molar-refractivity contribution >= 4 is 28.4 Å². The summed E-state index contributed by atoms with van der Waals surface area (Å²) >= 11 is 0. The molecule has 3 aromatic rings. The van der Waals surface area contributed by atoms with E-state index in [0.29, 0.717) is 16.9 Å². The average Bonchev–Trinajstić information content (AvgIpc) is 2.91. The van der Waals surface area contributed by atoms with Gasteiger partial charge in [-0.25, -0.2) is 9.97 Å². The largest absolute Gasteiger partial charge is 0.378 e. The average molecular weight is 499 g/mol. The predicted molar refractivity (Wildman–Crippen MR) is 131 cm³/mol. The third-order valence-electron chi connectivity index (χ3n) is 6.44. The number of amides is 1. The molecule has 1 atom stereocenters. The number of benzene rings is 1. The zero-order valence-electron chi connectivity index (χ0n) is 20.0. The quantitative estimate of drug-likeness (QED) is 0.555. The highest BCUT2D eigenvalue weighted by atomic mass is 19.3. The monoisotopic (exact) mass is 498 g/mol. The molecule has 1 aromatic carbocycles. The highest BCUT2D eigenvalue weighted by Gasteiger charge is 2.29. The molecule has 0 aliphatic carbocycles. The fourth-order valence-corrected chi connectivity index (χ4v) is 4.61. The zero-order valence-corrected chi connectivity index (χ0v) is 20.0. The van der Waals surface area contributed by atoms with Gasteiger partial charge in [0.1, 0.15) is 5.52 Å². The lowest BCUT2D eigenvalue weighted by molar-refractivity contribution is -0.149. The molecule has 2 saturated heterocycles. The number of alkyl halides is 2. The van der Waals surface area contributed by atoms with E-state index in [-0.39, 0.29) is 26.2 Å². The van der Waals surface area contributed by atoms with Crippen molar-refractivity contribution in [3.05, 3.63) is 42.2 Å². The van der Waals surface area contributed by atoms with Crippen LogP contribution in [0.5, 0.6) is 0 Å². The lowest BCUT2D eigenvalue weighted by Gasteiger charge is -2.33. The van der Waals surface area contributed by atoms with Gasteiger partial charge in [-0.2, -0.15) is 8.78 Å². The van der Waals surface area contributed by atoms with Gasteiger partial charge < -0.3 is 24.6 Å². The Labute approximate surface area is 207 Å². The Bertz CT molecular complexity index is 1240. The fraction of sp³-hybridized carbons (Fsp3) is 0.440. The molecule has 0 radical (unpaired) electrons. The van der Waals surface area contributed by atoms with Gasteiger partial charge in [-0.15, -0.1) is 0 Å². The smallest absolute Gasteiger partial charge is 0.315 e. The molecule has 0 bridgehead atoms. The van der Waals surface area contributed by atoms with Crippen LogP contribution in [0.15, 0.2) is 36.7 Å². The minimum atomic E-state index is -3.02. The number of ether oxygens (including phenoxy) is 2. The molecule has 9 nitrogen and oxygen atoms in total. The number of nitrogens with zero attached hydrogens (tertiary/aromatic N) is 5. The lowest BCUT2D eigenvalue weighted by atomic mass is 10.0. The Balaban J connectivity index is 1.38. The number of anilines is 2. The van der Waals surface area contributed by atoms with Crippen LogP contribution in [-0.4, -0.2) is 90.8 Å². The minimum Gasteiger partial charge on any atom is -0.378 e. The molecule has 1 amide bonds. The number of fused-ring (bicyclic) bond motifs is 1. The highest BCUT2D eigenvalue weighted by molar-refractivity contribution is 5.88. The molecule has 1 N–H and O–H groups in total. The van der Waals surface area contributed by atoms with Crippen LogP contribution >= 0.6 is 0 Å². The van der Waals surface area contributed by atoms with Gasteiger partial charge in [0.25, 0.3) is 5.91 Å². The Morgan fingerprint density at radius 3 is 2.72 bits per heavy atom. The first-order valence-corrected chi connectivity index (χ1v) is 12.0.